The number of anilines is 1. The molecule has 1 heterocycles. The maximum Gasteiger partial charge on any atom is 0.366 e. The molecule has 0 aliphatic rings. The average molecular weight is 170 g/mol. The Morgan fingerprint density at radius 3 is 3.17 bits per heavy atom. The number of nitrogens with one attached hydrogen (secondary N) is 2. The fraction of sp³-hybridized carbons (Fsp3) is 0.500. The van der Waals surface area contributed by atoms with Gasteiger partial charge in [0.05, 0.1) is 0 Å². The molecule has 0 aromatic carbocycles. The highest BCUT2D eigenvalue weighted by Crippen LogP contribution is 2.18. The summed E-state index contributed by atoms with van der Waals surface area (Å²) in [5.74, 6) is -0.0801. The van der Waals surface area contributed by atoms with Crippen LogP contribution >= 0.6 is 0 Å². The molecule has 0 bridgehead atoms. The third-order valence-electron chi connectivity index (χ3n) is 1.37. The summed E-state index contributed by atoms with van der Waals surface area (Å²) in [7, 11) is 0. The molecule has 0 radical (unpaired) electrons. The highest BCUT2D eigenvalue weighted by atomic mass is 16.6. The summed E-state index contributed by atoms with van der Waals surface area (Å²) in [6, 6.07) is 0. The lowest BCUT2D eigenvalue weighted by atomic mass is 10.4. The van der Waals surface area contributed by atoms with E-state index in [-0.39, 0.29) is 5.82 Å². The zero-order valence-corrected chi connectivity index (χ0v) is 6.70. The van der Waals surface area contributed by atoms with Crippen molar-refractivity contribution in [2.24, 2.45) is 0 Å². The van der Waals surface area contributed by atoms with Crippen LogP contribution in [0.3, 0.4) is 0 Å². The molecular weight excluding hydrogens is 160 g/mol. The van der Waals surface area contributed by atoms with Crippen LogP contribution < -0.4 is 5.32 Å². The fourth-order valence-electron chi connectivity index (χ4n) is 0.808. The molecule has 6 nitrogen and oxygen atoms in total. The largest absolute Gasteiger partial charge is 0.377 e. The Kier molecular flexibility index (Phi) is 2.62. The van der Waals surface area contributed by atoms with Gasteiger partial charge in [0.15, 0.2) is 5.69 Å². The van der Waals surface area contributed by atoms with Crippen molar-refractivity contribution < 1.29 is 4.92 Å². The van der Waals surface area contributed by atoms with Crippen LogP contribution in [0.1, 0.15) is 13.3 Å². The second kappa shape index (κ2) is 3.70. The van der Waals surface area contributed by atoms with Crippen molar-refractivity contribution in [3.05, 3.63) is 16.3 Å². The van der Waals surface area contributed by atoms with Crippen molar-refractivity contribution in [2.45, 2.75) is 13.3 Å². The van der Waals surface area contributed by atoms with Gasteiger partial charge in [-0.2, -0.15) is 0 Å². The number of aromatic amines is 1. The van der Waals surface area contributed by atoms with Crippen LogP contribution in [0, 0.1) is 10.1 Å². The smallest absolute Gasteiger partial charge is 0.366 e. The summed E-state index contributed by atoms with van der Waals surface area (Å²) >= 11 is 0. The van der Waals surface area contributed by atoms with Gasteiger partial charge in [0.25, 0.3) is 0 Å². The first-order valence-corrected chi connectivity index (χ1v) is 3.67. The number of nitro groups is 1. The topological polar surface area (TPSA) is 83.8 Å². The number of rotatable bonds is 4. The fourth-order valence-corrected chi connectivity index (χ4v) is 0.808. The van der Waals surface area contributed by atoms with Crippen molar-refractivity contribution in [1.29, 1.82) is 0 Å². The van der Waals surface area contributed by atoms with Gasteiger partial charge in [-0.25, -0.2) is 0 Å². The molecule has 2 N–H and O–H groups in total. The highest BCUT2D eigenvalue weighted by molar-refractivity contribution is 5.55. The predicted octanol–water partition coefficient (Wildman–Crippen LogP) is 1.14. The van der Waals surface area contributed by atoms with Crippen molar-refractivity contribution in [3.8, 4) is 0 Å². The van der Waals surface area contributed by atoms with Gasteiger partial charge < -0.3 is 15.4 Å². The second-order valence-electron chi connectivity index (χ2n) is 2.32. The van der Waals surface area contributed by atoms with Crippen LogP contribution in [0.25, 0.3) is 0 Å². The van der Waals surface area contributed by atoms with E-state index in [9.17, 15) is 10.1 Å². The summed E-state index contributed by atoms with van der Waals surface area (Å²) < 4.78 is 0. The molecule has 1 aromatic heterocycles. The van der Waals surface area contributed by atoms with Gasteiger partial charge in [0, 0.05) is 6.54 Å². The first-order chi connectivity index (χ1) is 5.75. The number of hydrogen-bond acceptors (Lipinski definition) is 4. The van der Waals surface area contributed by atoms with E-state index in [1.165, 1.54) is 6.20 Å². The van der Waals surface area contributed by atoms with Crippen molar-refractivity contribution in [1.82, 2.24) is 10.2 Å². The molecule has 1 aromatic rings. The van der Waals surface area contributed by atoms with Gasteiger partial charge >= 0.3 is 5.82 Å². The molecule has 12 heavy (non-hydrogen) atoms. The Balaban J connectivity index is 2.70. The molecule has 0 aliphatic heterocycles. The van der Waals surface area contributed by atoms with E-state index in [4.69, 9.17) is 0 Å². The van der Waals surface area contributed by atoms with E-state index >= 15 is 0 Å². The molecule has 0 spiro atoms. The summed E-state index contributed by atoms with van der Waals surface area (Å²) in [5.41, 5.74) is 0.446. The molecular formula is C6H10N4O2. The van der Waals surface area contributed by atoms with Crippen molar-refractivity contribution in [3.63, 3.8) is 0 Å². The number of hydrogen-bond donors (Lipinski definition) is 2. The number of H-pyrrole nitrogens is 1. The van der Waals surface area contributed by atoms with E-state index in [0.717, 1.165) is 6.42 Å². The zero-order chi connectivity index (χ0) is 8.97. The minimum Gasteiger partial charge on any atom is -0.377 e. The normalized spacial score (nSPS) is 9.75. The van der Waals surface area contributed by atoms with Crippen LogP contribution in [0.2, 0.25) is 0 Å². The molecule has 0 atom stereocenters. The SMILES string of the molecule is CCCNc1cn[nH]c1[N+](=O)[O-]. The first kappa shape index (κ1) is 8.51. The molecule has 0 amide bonds. The molecule has 0 saturated carbocycles. The van der Waals surface area contributed by atoms with Crippen LogP contribution in [0.15, 0.2) is 6.20 Å². The van der Waals surface area contributed by atoms with Gasteiger partial charge in [0.1, 0.15) is 6.20 Å². The molecule has 6 heteroatoms. The Bertz CT molecular complexity index is 270. The lowest BCUT2D eigenvalue weighted by Crippen LogP contribution is -2.01. The monoisotopic (exact) mass is 170 g/mol. The predicted molar refractivity (Wildman–Crippen MR) is 44.0 cm³/mol. The molecule has 1 rings (SSSR count). The Morgan fingerprint density at radius 1 is 1.83 bits per heavy atom. The number of nitrogens with zero attached hydrogens (tertiary/aromatic N) is 2. The second-order valence-corrected chi connectivity index (χ2v) is 2.32. The van der Waals surface area contributed by atoms with Crippen molar-refractivity contribution in [2.75, 3.05) is 11.9 Å². The summed E-state index contributed by atoms with van der Waals surface area (Å²) in [4.78, 5) is 9.85. The summed E-state index contributed by atoms with van der Waals surface area (Å²) in [5, 5.41) is 19.1. The van der Waals surface area contributed by atoms with Crippen LogP contribution in [-0.2, 0) is 0 Å². The average Bonchev–Trinajstić information content (AvgIpc) is 2.48. The van der Waals surface area contributed by atoms with Crippen LogP contribution in [-0.4, -0.2) is 21.7 Å². The standard InChI is InChI=1S/C6H10N4O2/c1-2-3-7-5-4-8-9-6(5)10(11)12/h4,7H,2-3H2,1H3,(H,8,9). The van der Waals surface area contributed by atoms with E-state index < -0.39 is 4.92 Å². The quantitative estimate of drug-likeness (QED) is 0.524. The third kappa shape index (κ3) is 1.71. The molecule has 66 valence electrons. The molecule has 0 fully saturated rings. The van der Waals surface area contributed by atoms with Gasteiger partial charge in [-0.15, -0.1) is 5.10 Å². The van der Waals surface area contributed by atoms with Crippen molar-refractivity contribution >= 4 is 11.5 Å². The first-order valence-electron chi connectivity index (χ1n) is 3.67. The van der Waals surface area contributed by atoms with Gasteiger partial charge in [-0.1, -0.05) is 12.0 Å². The zero-order valence-electron chi connectivity index (χ0n) is 6.70. The Labute approximate surface area is 69.1 Å². The Morgan fingerprint density at radius 2 is 2.58 bits per heavy atom. The number of aromatic nitrogens is 2. The van der Waals surface area contributed by atoms with Gasteiger partial charge in [-0.05, 0) is 11.3 Å². The Hall–Kier alpha value is -1.59. The van der Waals surface area contributed by atoms with E-state index in [2.05, 4.69) is 15.5 Å². The van der Waals surface area contributed by atoms with E-state index in [1.807, 2.05) is 6.92 Å². The van der Waals surface area contributed by atoms with E-state index in [1.54, 1.807) is 0 Å². The summed E-state index contributed by atoms with van der Waals surface area (Å²) in [6.07, 6.45) is 2.33. The minimum atomic E-state index is -0.495. The van der Waals surface area contributed by atoms with Gasteiger partial charge in [0.2, 0.25) is 0 Å². The highest BCUT2D eigenvalue weighted by Gasteiger charge is 2.12. The van der Waals surface area contributed by atoms with Crippen LogP contribution in [0.5, 0.6) is 0 Å². The maximum absolute atomic E-state index is 10.3. The van der Waals surface area contributed by atoms with E-state index in [0.29, 0.717) is 12.2 Å². The summed E-state index contributed by atoms with van der Waals surface area (Å²) in [6.45, 7) is 2.69. The lowest BCUT2D eigenvalue weighted by Gasteiger charge is -1.99. The molecule has 0 saturated heterocycles. The maximum atomic E-state index is 10.3. The molecule has 0 aliphatic carbocycles. The minimum absolute atomic E-state index is 0.0801. The van der Waals surface area contributed by atoms with Gasteiger partial charge in [-0.3, -0.25) is 0 Å². The lowest BCUT2D eigenvalue weighted by molar-refractivity contribution is -0.388. The van der Waals surface area contributed by atoms with Crippen LogP contribution in [0.4, 0.5) is 11.5 Å². The third-order valence-corrected chi connectivity index (χ3v) is 1.37. The molecule has 0 unspecified atom stereocenters.